The highest BCUT2D eigenvalue weighted by atomic mass is 16.5. The molecule has 0 saturated carbocycles. The predicted molar refractivity (Wildman–Crippen MR) is 114 cm³/mol. The maximum atomic E-state index is 12.3. The number of amides is 2. The smallest absolute Gasteiger partial charge is 0.269 e. The molecule has 0 aromatic heterocycles. The van der Waals surface area contributed by atoms with Crippen molar-refractivity contribution in [1.82, 2.24) is 10.9 Å². The number of carbonyl (C=O) groups excluding carboxylic acids is 2. The first kappa shape index (κ1) is 19.9. The van der Waals surface area contributed by atoms with Gasteiger partial charge in [0.1, 0.15) is 12.4 Å². The molecular formula is C24H24N2O4. The summed E-state index contributed by atoms with van der Waals surface area (Å²) in [7, 11) is 0. The van der Waals surface area contributed by atoms with Gasteiger partial charge in [-0.15, -0.1) is 0 Å². The van der Waals surface area contributed by atoms with E-state index in [2.05, 4.69) is 10.9 Å². The van der Waals surface area contributed by atoms with Gasteiger partial charge in [-0.3, -0.25) is 20.4 Å². The zero-order valence-corrected chi connectivity index (χ0v) is 16.6. The highest BCUT2D eigenvalue weighted by molar-refractivity contribution is 5.96. The molecule has 6 nitrogen and oxygen atoms in total. The minimum absolute atomic E-state index is 0.143. The summed E-state index contributed by atoms with van der Waals surface area (Å²) >= 11 is 0. The molecule has 1 heterocycles. The predicted octanol–water partition coefficient (Wildman–Crippen LogP) is 3.40. The minimum atomic E-state index is -0.382. The molecule has 1 aliphatic rings. The first-order valence-corrected chi connectivity index (χ1v) is 10.1. The van der Waals surface area contributed by atoms with Gasteiger partial charge in [0.25, 0.3) is 5.91 Å². The van der Waals surface area contributed by atoms with E-state index in [0.717, 1.165) is 35.8 Å². The van der Waals surface area contributed by atoms with Gasteiger partial charge in [0.2, 0.25) is 5.91 Å². The zero-order valence-electron chi connectivity index (χ0n) is 16.6. The second-order valence-electron chi connectivity index (χ2n) is 7.29. The summed E-state index contributed by atoms with van der Waals surface area (Å²) in [5.41, 5.74) is 6.29. The number of nitrogens with one attached hydrogen (secondary N) is 2. The van der Waals surface area contributed by atoms with Crippen molar-refractivity contribution in [2.24, 2.45) is 0 Å². The molecule has 3 aromatic rings. The van der Waals surface area contributed by atoms with Crippen molar-refractivity contribution in [3.63, 3.8) is 0 Å². The Balaban J connectivity index is 1.28. The Bertz CT molecular complexity index is 1020. The molecule has 1 fully saturated rings. The molecule has 3 aromatic carbocycles. The van der Waals surface area contributed by atoms with Crippen molar-refractivity contribution in [2.75, 3.05) is 13.2 Å². The van der Waals surface area contributed by atoms with E-state index in [-0.39, 0.29) is 24.3 Å². The van der Waals surface area contributed by atoms with Gasteiger partial charge in [0.05, 0.1) is 12.5 Å². The summed E-state index contributed by atoms with van der Waals surface area (Å²) in [5.74, 6) is 0.0187. The van der Waals surface area contributed by atoms with Crippen LogP contribution >= 0.6 is 0 Å². The molecule has 0 radical (unpaired) electrons. The summed E-state index contributed by atoms with van der Waals surface area (Å²) in [4.78, 5) is 24.6. The number of hydrogen-bond donors (Lipinski definition) is 2. The Morgan fingerprint density at radius 3 is 2.57 bits per heavy atom. The van der Waals surface area contributed by atoms with Crippen LogP contribution in [-0.2, 0) is 16.0 Å². The van der Waals surface area contributed by atoms with Crippen LogP contribution in [0.5, 0.6) is 5.75 Å². The van der Waals surface area contributed by atoms with Crippen molar-refractivity contribution in [2.45, 2.75) is 25.4 Å². The third kappa shape index (κ3) is 4.96. The van der Waals surface area contributed by atoms with E-state index < -0.39 is 0 Å². The maximum absolute atomic E-state index is 12.3. The van der Waals surface area contributed by atoms with E-state index in [0.29, 0.717) is 17.9 Å². The summed E-state index contributed by atoms with van der Waals surface area (Å²) in [6.45, 7) is 1.30. The van der Waals surface area contributed by atoms with Crippen LogP contribution in [0.4, 0.5) is 0 Å². The number of carbonyl (C=O) groups is 2. The molecule has 154 valence electrons. The SMILES string of the molecule is O=C(Cc1cccc2ccccc12)NNC(=O)c1ccc(OCC2CCCO2)cc1. The van der Waals surface area contributed by atoms with Crippen LogP contribution in [-0.4, -0.2) is 31.1 Å². The molecule has 30 heavy (non-hydrogen) atoms. The Morgan fingerprint density at radius 1 is 0.967 bits per heavy atom. The molecule has 1 aliphatic heterocycles. The molecular weight excluding hydrogens is 380 g/mol. The van der Waals surface area contributed by atoms with Crippen molar-refractivity contribution in [1.29, 1.82) is 0 Å². The van der Waals surface area contributed by atoms with Gasteiger partial charge in [-0.05, 0) is 53.4 Å². The largest absolute Gasteiger partial charge is 0.491 e. The molecule has 1 atom stereocenters. The van der Waals surface area contributed by atoms with E-state index in [1.54, 1.807) is 24.3 Å². The number of ether oxygens (including phenoxy) is 2. The molecule has 4 rings (SSSR count). The first-order valence-electron chi connectivity index (χ1n) is 10.1. The molecule has 1 saturated heterocycles. The van der Waals surface area contributed by atoms with Crippen LogP contribution in [0.2, 0.25) is 0 Å². The summed E-state index contributed by atoms with van der Waals surface area (Å²) in [6, 6.07) is 20.5. The van der Waals surface area contributed by atoms with E-state index in [1.807, 2.05) is 42.5 Å². The van der Waals surface area contributed by atoms with Gasteiger partial charge < -0.3 is 9.47 Å². The molecule has 1 unspecified atom stereocenters. The summed E-state index contributed by atoms with van der Waals surface area (Å²) in [6.07, 6.45) is 2.40. The van der Waals surface area contributed by atoms with E-state index in [4.69, 9.17) is 9.47 Å². The van der Waals surface area contributed by atoms with Crippen LogP contribution in [0.25, 0.3) is 10.8 Å². The van der Waals surface area contributed by atoms with Gasteiger partial charge in [-0.25, -0.2) is 0 Å². The summed E-state index contributed by atoms with van der Waals surface area (Å²) in [5, 5.41) is 2.11. The standard InChI is InChI=1S/C24H24N2O4/c27-23(15-19-7-3-6-17-5-1-2-9-22(17)19)25-26-24(28)18-10-12-20(13-11-18)30-16-21-8-4-14-29-21/h1-3,5-7,9-13,21H,4,8,14-16H2,(H,25,27)(H,26,28). The number of fused-ring (bicyclic) bond motifs is 1. The highest BCUT2D eigenvalue weighted by Crippen LogP contribution is 2.19. The number of rotatable bonds is 6. The second kappa shape index (κ2) is 9.41. The van der Waals surface area contributed by atoms with Crippen molar-refractivity contribution >= 4 is 22.6 Å². The van der Waals surface area contributed by atoms with Crippen LogP contribution in [0.1, 0.15) is 28.8 Å². The average Bonchev–Trinajstić information content (AvgIpc) is 3.30. The molecule has 2 amide bonds. The van der Waals surface area contributed by atoms with Crippen molar-refractivity contribution in [3.8, 4) is 5.75 Å². The Labute approximate surface area is 175 Å². The van der Waals surface area contributed by atoms with Gasteiger partial charge in [0.15, 0.2) is 0 Å². The Hall–Kier alpha value is -3.38. The van der Waals surface area contributed by atoms with Gasteiger partial charge in [0, 0.05) is 12.2 Å². The van der Waals surface area contributed by atoms with Crippen molar-refractivity contribution < 1.29 is 19.1 Å². The Morgan fingerprint density at radius 2 is 1.77 bits per heavy atom. The third-order valence-electron chi connectivity index (χ3n) is 5.12. The van der Waals surface area contributed by atoms with Gasteiger partial charge >= 0.3 is 0 Å². The molecule has 2 N–H and O–H groups in total. The van der Waals surface area contributed by atoms with Crippen LogP contribution in [0.3, 0.4) is 0 Å². The molecule has 0 aliphatic carbocycles. The number of hydrogen-bond acceptors (Lipinski definition) is 4. The lowest BCUT2D eigenvalue weighted by atomic mass is 10.0. The van der Waals surface area contributed by atoms with Crippen LogP contribution < -0.4 is 15.6 Å². The minimum Gasteiger partial charge on any atom is -0.491 e. The van der Waals surface area contributed by atoms with E-state index in [1.165, 1.54) is 0 Å². The van der Waals surface area contributed by atoms with Crippen LogP contribution in [0, 0.1) is 0 Å². The van der Waals surface area contributed by atoms with Crippen LogP contribution in [0.15, 0.2) is 66.7 Å². The van der Waals surface area contributed by atoms with Crippen molar-refractivity contribution in [3.05, 3.63) is 77.9 Å². The fourth-order valence-electron chi connectivity index (χ4n) is 3.53. The topological polar surface area (TPSA) is 76.7 Å². The molecule has 0 bridgehead atoms. The third-order valence-corrected chi connectivity index (χ3v) is 5.12. The average molecular weight is 404 g/mol. The van der Waals surface area contributed by atoms with E-state index in [9.17, 15) is 9.59 Å². The fraction of sp³-hybridized carbons (Fsp3) is 0.250. The quantitative estimate of drug-likeness (QED) is 0.618. The van der Waals surface area contributed by atoms with Gasteiger partial charge in [-0.2, -0.15) is 0 Å². The lowest BCUT2D eigenvalue weighted by molar-refractivity contribution is -0.121. The molecule has 0 spiro atoms. The molecule has 6 heteroatoms. The zero-order chi connectivity index (χ0) is 20.8. The highest BCUT2D eigenvalue weighted by Gasteiger charge is 2.16. The van der Waals surface area contributed by atoms with E-state index >= 15 is 0 Å². The Kier molecular flexibility index (Phi) is 6.25. The monoisotopic (exact) mass is 404 g/mol. The first-order chi connectivity index (χ1) is 14.7. The second-order valence-corrected chi connectivity index (χ2v) is 7.29. The number of benzene rings is 3. The van der Waals surface area contributed by atoms with Gasteiger partial charge in [-0.1, -0.05) is 42.5 Å². The lowest BCUT2D eigenvalue weighted by Gasteiger charge is -2.12. The fourth-order valence-corrected chi connectivity index (χ4v) is 3.53. The lowest BCUT2D eigenvalue weighted by Crippen LogP contribution is -2.42. The summed E-state index contributed by atoms with van der Waals surface area (Å²) < 4.78 is 11.2. The normalized spacial score (nSPS) is 15.7. The maximum Gasteiger partial charge on any atom is 0.269 e. The number of hydrazine groups is 1.